The Hall–Kier alpha value is -2.38. The van der Waals surface area contributed by atoms with E-state index < -0.39 is 0 Å². The van der Waals surface area contributed by atoms with Gasteiger partial charge in [0.1, 0.15) is 11.2 Å². The van der Waals surface area contributed by atoms with Crippen molar-refractivity contribution in [2.24, 2.45) is 0 Å². The zero-order valence-corrected chi connectivity index (χ0v) is 9.96. The van der Waals surface area contributed by atoms with Crippen LogP contribution in [0.15, 0.2) is 42.6 Å². The highest BCUT2D eigenvalue weighted by molar-refractivity contribution is 6.30. The van der Waals surface area contributed by atoms with Crippen LogP contribution in [0, 0.1) is 11.3 Å². The molecule has 0 spiro atoms. The van der Waals surface area contributed by atoms with Gasteiger partial charge in [0.15, 0.2) is 5.65 Å². The number of fused-ring (bicyclic) bond motifs is 1. The van der Waals surface area contributed by atoms with Gasteiger partial charge < -0.3 is 0 Å². The minimum Gasteiger partial charge on any atom is -0.215 e. The van der Waals surface area contributed by atoms with Gasteiger partial charge in [0.05, 0.1) is 17.4 Å². The SMILES string of the molecule is N#Cc1cc2cnn(-c3ccccc3)c2nc1Cl. The number of hydrogen-bond acceptors (Lipinski definition) is 3. The molecule has 0 aliphatic heterocycles. The summed E-state index contributed by atoms with van der Waals surface area (Å²) in [5.41, 5.74) is 1.91. The Labute approximate surface area is 108 Å². The van der Waals surface area contributed by atoms with Crippen LogP contribution in [0.5, 0.6) is 0 Å². The second kappa shape index (κ2) is 4.13. The van der Waals surface area contributed by atoms with Crippen molar-refractivity contribution in [1.29, 1.82) is 5.26 Å². The first-order valence-electron chi connectivity index (χ1n) is 5.29. The van der Waals surface area contributed by atoms with Crippen LogP contribution in [-0.2, 0) is 0 Å². The lowest BCUT2D eigenvalue weighted by atomic mass is 10.2. The van der Waals surface area contributed by atoms with Crippen molar-refractivity contribution in [3.05, 3.63) is 53.3 Å². The van der Waals surface area contributed by atoms with Crippen molar-refractivity contribution in [2.75, 3.05) is 0 Å². The monoisotopic (exact) mass is 254 g/mol. The van der Waals surface area contributed by atoms with Gasteiger partial charge >= 0.3 is 0 Å². The summed E-state index contributed by atoms with van der Waals surface area (Å²) in [4.78, 5) is 4.23. The average Bonchev–Trinajstić information content (AvgIpc) is 2.81. The molecule has 3 rings (SSSR count). The minimum atomic E-state index is 0.197. The molecule has 3 aromatic rings. The number of nitriles is 1. The summed E-state index contributed by atoms with van der Waals surface area (Å²) in [5.74, 6) is 0. The van der Waals surface area contributed by atoms with Gasteiger partial charge in [0.25, 0.3) is 0 Å². The molecule has 0 saturated heterocycles. The Bertz CT molecular complexity index is 756. The predicted molar refractivity (Wildman–Crippen MR) is 68.6 cm³/mol. The minimum absolute atomic E-state index is 0.197. The molecule has 0 fully saturated rings. The maximum absolute atomic E-state index is 8.90. The van der Waals surface area contributed by atoms with Gasteiger partial charge in [-0.2, -0.15) is 10.4 Å². The van der Waals surface area contributed by atoms with Crippen molar-refractivity contribution < 1.29 is 0 Å². The number of benzene rings is 1. The van der Waals surface area contributed by atoms with E-state index in [0.717, 1.165) is 11.1 Å². The largest absolute Gasteiger partial charge is 0.215 e. The summed E-state index contributed by atoms with van der Waals surface area (Å²) in [5, 5.41) is 14.2. The molecule has 0 atom stereocenters. The van der Waals surface area contributed by atoms with Crippen LogP contribution in [-0.4, -0.2) is 14.8 Å². The molecular formula is C13H7ClN4. The predicted octanol–water partition coefficient (Wildman–Crippen LogP) is 2.95. The van der Waals surface area contributed by atoms with Gasteiger partial charge in [-0.1, -0.05) is 29.8 Å². The van der Waals surface area contributed by atoms with E-state index in [9.17, 15) is 0 Å². The van der Waals surface area contributed by atoms with E-state index >= 15 is 0 Å². The standard InChI is InChI=1S/C13H7ClN4/c14-12-9(7-15)6-10-8-16-18(13(10)17-12)11-4-2-1-3-5-11/h1-6,8H. The number of halogens is 1. The van der Waals surface area contributed by atoms with E-state index in [1.807, 2.05) is 36.4 Å². The van der Waals surface area contributed by atoms with Crippen molar-refractivity contribution in [3.63, 3.8) is 0 Å². The fraction of sp³-hybridized carbons (Fsp3) is 0. The van der Waals surface area contributed by atoms with E-state index in [-0.39, 0.29) is 5.15 Å². The van der Waals surface area contributed by atoms with Gasteiger partial charge in [0.2, 0.25) is 0 Å². The zero-order chi connectivity index (χ0) is 12.5. The van der Waals surface area contributed by atoms with Crippen LogP contribution >= 0.6 is 11.6 Å². The molecule has 4 nitrogen and oxygen atoms in total. The molecule has 86 valence electrons. The summed E-state index contributed by atoms with van der Waals surface area (Å²) in [6.07, 6.45) is 1.67. The molecule has 0 saturated carbocycles. The highest BCUT2D eigenvalue weighted by Gasteiger charge is 2.10. The third kappa shape index (κ3) is 1.62. The summed E-state index contributed by atoms with van der Waals surface area (Å²) in [7, 11) is 0. The summed E-state index contributed by atoms with van der Waals surface area (Å²) >= 11 is 5.94. The molecule has 0 radical (unpaired) electrons. The van der Waals surface area contributed by atoms with Gasteiger partial charge in [-0.25, -0.2) is 9.67 Å². The molecule has 1 aromatic carbocycles. The zero-order valence-electron chi connectivity index (χ0n) is 9.21. The van der Waals surface area contributed by atoms with Gasteiger partial charge in [0, 0.05) is 5.39 Å². The quantitative estimate of drug-likeness (QED) is 0.628. The van der Waals surface area contributed by atoms with Crippen molar-refractivity contribution >= 4 is 22.6 Å². The fourth-order valence-electron chi connectivity index (χ4n) is 1.77. The van der Waals surface area contributed by atoms with E-state index in [1.54, 1.807) is 16.9 Å². The molecule has 2 aromatic heterocycles. The average molecular weight is 255 g/mol. The third-order valence-corrected chi connectivity index (χ3v) is 2.91. The van der Waals surface area contributed by atoms with Crippen LogP contribution in [0.3, 0.4) is 0 Å². The number of aromatic nitrogens is 3. The number of para-hydroxylation sites is 1. The summed E-state index contributed by atoms with van der Waals surface area (Å²) in [6.45, 7) is 0. The Morgan fingerprint density at radius 3 is 2.72 bits per heavy atom. The molecule has 2 heterocycles. The lowest BCUT2D eigenvalue weighted by Gasteiger charge is -2.02. The normalized spacial score (nSPS) is 10.4. The number of pyridine rings is 1. The molecule has 0 amide bonds. The highest BCUT2D eigenvalue weighted by Crippen LogP contribution is 2.21. The van der Waals surface area contributed by atoms with Gasteiger partial charge in [-0.15, -0.1) is 0 Å². The fourth-order valence-corrected chi connectivity index (χ4v) is 1.95. The molecule has 0 aliphatic carbocycles. The van der Waals surface area contributed by atoms with Crippen molar-refractivity contribution in [2.45, 2.75) is 0 Å². The van der Waals surface area contributed by atoms with Gasteiger partial charge in [-0.3, -0.25) is 0 Å². The van der Waals surface area contributed by atoms with E-state index in [0.29, 0.717) is 11.2 Å². The Morgan fingerprint density at radius 1 is 1.22 bits per heavy atom. The smallest absolute Gasteiger partial charge is 0.164 e. The number of hydrogen-bond donors (Lipinski definition) is 0. The van der Waals surface area contributed by atoms with Gasteiger partial charge in [-0.05, 0) is 18.2 Å². The van der Waals surface area contributed by atoms with Crippen LogP contribution in [0.1, 0.15) is 5.56 Å². The summed E-state index contributed by atoms with van der Waals surface area (Å²) < 4.78 is 1.70. The lowest BCUT2D eigenvalue weighted by Crippen LogP contribution is -1.97. The molecule has 0 N–H and O–H groups in total. The number of nitrogens with zero attached hydrogens (tertiary/aromatic N) is 4. The van der Waals surface area contributed by atoms with Crippen LogP contribution in [0.2, 0.25) is 5.15 Å². The molecule has 0 aliphatic rings. The Kier molecular flexibility index (Phi) is 2.47. The van der Waals surface area contributed by atoms with E-state index in [4.69, 9.17) is 16.9 Å². The maximum Gasteiger partial charge on any atom is 0.164 e. The molecule has 0 unspecified atom stereocenters. The van der Waals surface area contributed by atoms with Crippen LogP contribution < -0.4 is 0 Å². The van der Waals surface area contributed by atoms with Crippen LogP contribution in [0.25, 0.3) is 16.7 Å². The second-order valence-corrected chi connectivity index (χ2v) is 4.10. The van der Waals surface area contributed by atoms with Crippen molar-refractivity contribution in [1.82, 2.24) is 14.8 Å². The molecule has 18 heavy (non-hydrogen) atoms. The molecule has 0 bridgehead atoms. The topological polar surface area (TPSA) is 54.5 Å². The van der Waals surface area contributed by atoms with E-state index in [1.165, 1.54) is 0 Å². The number of rotatable bonds is 1. The molecular weight excluding hydrogens is 248 g/mol. The highest BCUT2D eigenvalue weighted by atomic mass is 35.5. The lowest BCUT2D eigenvalue weighted by molar-refractivity contribution is 0.897. The summed E-state index contributed by atoms with van der Waals surface area (Å²) in [6, 6.07) is 13.3. The third-order valence-electron chi connectivity index (χ3n) is 2.62. The van der Waals surface area contributed by atoms with E-state index in [2.05, 4.69) is 10.1 Å². The Balaban J connectivity index is 2.28. The molecule has 5 heteroatoms. The first-order valence-corrected chi connectivity index (χ1v) is 5.67. The van der Waals surface area contributed by atoms with Crippen LogP contribution in [0.4, 0.5) is 0 Å². The second-order valence-electron chi connectivity index (χ2n) is 3.74. The first kappa shape index (κ1) is 10.8. The first-order chi connectivity index (χ1) is 8.79. The van der Waals surface area contributed by atoms with Crippen molar-refractivity contribution in [3.8, 4) is 11.8 Å². The maximum atomic E-state index is 8.90. The Morgan fingerprint density at radius 2 is 2.00 bits per heavy atom.